The Morgan fingerprint density at radius 1 is 1.28 bits per heavy atom. The highest BCUT2D eigenvalue weighted by atomic mass is 16.9. The summed E-state index contributed by atoms with van der Waals surface area (Å²) in [5.41, 5.74) is 11.4. The van der Waals surface area contributed by atoms with Crippen molar-refractivity contribution in [2.75, 3.05) is 0 Å². The summed E-state index contributed by atoms with van der Waals surface area (Å²) in [4.78, 5) is 22.1. The van der Waals surface area contributed by atoms with E-state index >= 15 is 0 Å². The lowest BCUT2D eigenvalue weighted by Gasteiger charge is -1.98. The number of nitrogens with zero attached hydrogens (tertiary/aromatic N) is 3. The standard InChI is InChI=1S/C8H10N4O2.HNO3/c1-5-2-6(11-8(9)10)4-7(3-5)12(13)14;2-1(3)4/h2-4H,1H3,(H4,9,10,11);(H,2,3,4). The van der Waals surface area contributed by atoms with Crippen molar-refractivity contribution in [3.63, 3.8) is 0 Å². The molecule has 0 saturated carbocycles. The molecule has 0 aromatic heterocycles. The number of benzene rings is 1. The van der Waals surface area contributed by atoms with Crippen LogP contribution in [0.1, 0.15) is 5.56 Å². The lowest BCUT2D eigenvalue weighted by molar-refractivity contribution is -0.742. The maximum absolute atomic E-state index is 10.5. The minimum Gasteiger partial charge on any atom is -0.370 e. The molecule has 0 unspecified atom stereocenters. The van der Waals surface area contributed by atoms with Gasteiger partial charge in [-0.1, -0.05) is 0 Å². The van der Waals surface area contributed by atoms with Gasteiger partial charge in [0.2, 0.25) is 0 Å². The SMILES string of the molecule is Cc1cc(N=C(N)N)cc([N+](=O)[O-])c1.O=[N+]([O-])O. The highest BCUT2D eigenvalue weighted by Crippen LogP contribution is 2.22. The highest BCUT2D eigenvalue weighted by molar-refractivity contribution is 5.79. The number of rotatable bonds is 2. The zero-order valence-corrected chi connectivity index (χ0v) is 9.31. The van der Waals surface area contributed by atoms with Crippen LogP contribution in [0.2, 0.25) is 0 Å². The van der Waals surface area contributed by atoms with E-state index in [0.29, 0.717) is 5.69 Å². The van der Waals surface area contributed by atoms with Gasteiger partial charge in [0.25, 0.3) is 10.8 Å². The first-order valence-corrected chi connectivity index (χ1v) is 4.41. The molecule has 0 aliphatic rings. The molecule has 10 heteroatoms. The molecular formula is C8H11N5O5. The van der Waals surface area contributed by atoms with Crippen LogP contribution >= 0.6 is 0 Å². The van der Waals surface area contributed by atoms with Crippen molar-refractivity contribution in [2.24, 2.45) is 16.5 Å². The lowest BCUT2D eigenvalue weighted by atomic mass is 10.2. The fourth-order valence-electron chi connectivity index (χ4n) is 1.06. The summed E-state index contributed by atoms with van der Waals surface area (Å²) in [6.07, 6.45) is 0. The third-order valence-electron chi connectivity index (χ3n) is 1.52. The number of aliphatic imine (C=N–C) groups is 1. The number of guanidine groups is 1. The predicted octanol–water partition coefficient (Wildman–Crippen LogP) is 0.460. The Hall–Kier alpha value is -2.91. The Balaban J connectivity index is 0.000000631. The molecule has 0 bridgehead atoms. The molecule has 0 spiro atoms. The summed E-state index contributed by atoms with van der Waals surface area (Å²) in [7, 11) is 0. The maximum atomic E-state index is 10.5. The Morgan fingerprint density at radius 2 is 1.78 bits per heavy atom. The average molecular weight is 257 g/mol. The number of nitro benzene ring substituents is 1. The van der Waals surface area contributed by atoms with Crippen LogP contribution in [0.3, 0.4) is 0 Å². The summed E-state index contributed by atoms with van der Waals surface area (Å²) in [5.74, 6) is -0.120. The Kier molecular flexibility index (Phi) is 5.55. The first-order valence-electron chi connectivity index (χ1n) is 4.41. The van der Waals surface area contributed by atoms with E-state index in [-0.39, 0.29) is 11.6 Å². The van der Waals surface area contributed by atoms with Crippen molar-refractivity contribution in [1.29, 1.82) is 0 Å². The van der Waals surface area contributed by atoms with Gasteiger partial charge in [0.1, 0.15) is 0 Å². The molecule has 0 atom stereocenters. The van der Waals surface area contributed by atoms with Crippen LogP contribution in [-0.4, -0.2) is 21.2 Å². The second-order valence-electron chi connectivity index (χ2n) is 3.06. The van der Waals surface area contributed by atoms with Crippen molar-refractivity contribution in [2.45, 2.75) is 6.92 Å². The fourth-order valence-corrected chi connectivity index (χ4v) is 1.06. The molecule has 1 rings (SSSR count). The zero-order valence-electron chi connectivity index (χ0n) is 9.31. The Labute approximate surface area is 101 Å². The average Bonchev–Trinajstić information content (AvgIpc) is 2.14. The van der Waals surface area contributed by atoms with Gasteiger partial charge >= 0.3 is 0 Å². The maximum Gasteiger partial charge on any atom is 0.291 e. The monoisotopic (exact) mass is 257 g/mol. The van der Waals surface area contributed by atoms with E-state index in [2.05, 4.69) is 4.99 Å². The summed E-state index contributed by atoms with van der Waals surface area (Å²) < 4.78 is 0. The Bertz CT molecular complexity index is 479. The molecule has 0 radical (unpaired) electrons. The molecule has 18 heavy (non-hydrogen) atoms. The molecule has 0 amide bonds. The van der Waals surface area contributed by atoms with Crippen molar-refractivity contribution in [1.82, 2.24) is 0 Å². The van der Waals surface area contributed by atoms with E-state index in [1.807, 2.05) is 0 Å². The summed E-state index contributed by atoms with van der Waals surface area (Å²) in [5, 5.41) is 24.1. The third kappa shape index (κ3) is 6.55. The summed E-state index contributed by atoms with van der Waals surface area (Å²) >= 11 is 0. The molecule has 1 aromatic carbocycles. The molecule has 0 saturated heterocycles. The van der Waals surface area contributed by atoms with Crippen molar-refractivity contribution in [3.8, 4) is 0 Å². The van der Waals surface area contributed by atoms with Gasteiger partial charge < -0.3 is 16.7 Å². The highest BCUT2D eigenvalue weighted by Gasteiger charge is 2.07. The van der Waals surface area contributed by atoms with Gasteiger partial charge in [-0.25, -0.2) is 4.99 Å². The van der Waals surface area contributed by atoms with Crippen LogP contribution in [0.4, 0.5) is 11.4 Å². The molecule has 0 aliphatic heterocycles. The number of hydrogen-bond donors (Lipinski definition) is 3. The topological polar surface area (TPSA) is 171 Å². The fraction of sp³-hybridized carbons (Fsp3) is 0.125. The van der Waals surface area contributed by atoms with Gasteiger partial charge in [0.15, 0.2) is 5.96 Å². The number of nitrogens with two attached hydrogens (primary N) is 2. The zero-order chi connectivity index (χ0) is 14.3. The van der Waals surface area contributed by atoms with Crippen LogP contribution in [-0.2, 0) is 0 Å². The molecular weight excluding hydrogens is 246 g/mol. The van der Waals surface area contributed by atoms with E-state index in [1.54, 1.807) is 13.0 Å². The van der Waals surface area contributed by atoms with Crippen molar-refractivity contribution in [3.05, 3.63) is 44.0 Å². The molecule has 10 nitrogen and oxygen atoms in total. The first-order chi connectivity index (χ1) is 8.22. The summed E-state index contributed by atoms with van der Waals surface area (Å²) in [6, 6.07) is 4.42. The predicted molar refractivity (Wildman–Crippen MR) is 62.1 cm³/mol. The number of aryl methyl sites for hydroxylation is 1. The van der Waals surface area contributed by atoms with E-state index in [9.17, 15) is 10.1 Å². The van der Waals surface area contributed by atoms with Crippen LogP contribution in [0.25, 0.3) is 0 Å². The van der Waals surface area contributed by atoms with Crippen LogP contribution in [0.5, 0.6) is 0 Å². The normalized spacial score (nSPS) is 8.72. The molecule has 98 valence electrons. The minimum atomic E-state index is -1.50. The minimum absolute atomic E-state index is 0.0231. The van der Waals surface area contributed by atoms with Gasteiger partial charge in [-0.15, -0.1) is 10.1 Å². The first kappa shape index (κ1) is 15.1. The van der Waals surface area contributed by atoms with Crippen LogP contribution in [0.15, 0.2) is 23.2 Å². The van der Waals surface area contributed by atoms with Crippen molar-refractivity contribution < 1.29 is 15.2 Å². The van der Waals surface area contributed by atoms with E-state index in [0.717, 1.165) is 5.56 Å². The largest absolute Gasteiger partial charge is 0.370 e. The molecule has 5 N–H and O–H groups in total. The smallest absolute Gasteiger partial charge is 0.291 e. The lowest BCUT2D eigenvalue weighted by Crippen LogP contribution is -2.21. The van der Waals surface area contributed by atoms with Crippen LogP contribution < -0.4 is 11.5 Å². The molecule has 0 aliphatic carbocycles. The number of nitro groups is 1. The quantitative estimate of drug-likeness (QED) is 0.298. The summed E-state index contributed by atoms with van der Waals surface area (Å²) in [6.45, 7) is 1.73. The Morgan fingerprint density at radius 3 is 2.17 bits per heavy atom. The van der Waals surface area contributed by atoms with E-state index in [4.69, 9.17) is 26.8 Å². The van der Waals surface area contributed by atoms with Gasteiger partial charge in [-0.05, 0) is 18.6 Å². The second kappa shape index (κ2) is 6.62. The number of non-ortho nitro benzene ring substituents is 1. The van der Waals surface area contributed by atoms with Crippen LogP contribution in [0, 0.1) is 27.2 Å². The second-order valence-corrected chi connectivity index (χ2v) is 3.06. The molecule has 1 aromatic rings. The van der Waals surface area contributed by atoms with Gasteiger partial charge in [0, 0.05) is 12.1 Å². The van der Waals surface area contributed by atoms with E-state index < -0.39 is 10.0 Å². The molecule has 0 fully saturated rings. The van der Waals surface area contributed by atoms with E-state index in [1.165, 1.54) is 12.1 Å². The van der Waals surface area contributed by atoms with Crippen molar-refractivity contribution >= 4 is 17.3 Å². The van der Waals surface area contributed by atoms with Gasteiger partial charge in [-0.3, -0.25) is 10.1 Å². The molecule has 0 heterocycles. The van der Waals surface area contributed by atoms with Gasteiger partial charge in [-0.2, -0.15) is 0 Å². The van der Waals surface area contributed by atoms with Gasteiger partial charge in [0.05, 0.1) is 10.6 Å². The number of hydrogen-bond acceptors (Lipinski definition) is 5. The third-order valence-corrected chi connectivity index (χ3v) is 1.52.